The van der Waals surface area contributed by atoms with Crippen LogP contribution in [-0.4, -0.2) is 41.7 Å². The Bertz CT molecular complexity index is 432. The van der Waals surface area contributed by atoms with Crippen molar-refractivity contribution in [2.45, 2.75) is 39.7 Å². The number of nitrogens with two attached hydrogens (primary N) is 1. The highest BCUT2D eigenvalue weighted by Gasteiger charge is 2.18. The topological polar surface area (TPSA) is 91.5 Å². The first-order valence-corrected chi connectivity index (χ1v) is 7.82. The van der Waals surface area contributed by atoms with Crippen LogP contribution in [0.5, 0.6) is 0 Å². The summed E-state index contributed by atoms with van der Waals surface area (Å²) < 4.78 is 0. The lowest BCUT2D eigenvalue weighted by molar-refractivity contribution is 0.0946. The van der Waals surface area contributed by atoms with Crippen LogP contribution in [0.4, 0.5) is 10.9 Å². The van der Waals surface area contributed by atoms with E-state index < -0.39 is 0 Å². The third kappa shape index (κ3) is 4.35. The lowest BCUT2D eigenvalue weighted by Crippen LogP contribution is -2.26. The minimum atomic E-state index is -0.375. The van der Waals surface area contributed by atoms with Gasteiger partial charge in [-0.3, -0.25) is 4.79 Å². The summed E-state index contributed by atoms with van der Waals surface area (Å²) in [5, 5.41) is 13.0. The van der Waals surface area contributed by atoms with Crippen LogP contribution in [0.2, 0.25) is 0 Å². The highest BCUT2D eigenvalue weighted by Crippen LogP contribution is 2.27. The maximum Gasteiger partial charge on any atom is 0.265 e. The van der Waals surface area contributed by atoms with Gasteiger partial charge in [-0.15, -0.1) is 0 Å². The molecule has 0 fully saturated rings. The lowest BCUT2D eigenvalue weighted by Gasteiger charge is -2.16. The van der Waals surface area contributed by atoms with Gasteiger partial charge in [-0.25, -0.2) is 4.98 Å². The van der Waals surface area contributed by atoms with Gasteiger partial charge in [0, 0.05) is 19.6 Å². The zero-order chi connectivity index (χ0) is 15.1. The van der Waals surface area contributed by atoms with E-state index in [1.807, 2.05) is 20.8 Å². The first kappa shape index (κ1) is 16.7. The smallest absolute Gasteiger partial charge is 0.265 e. The number of aliphatic hydroxyl groups excluding tert-OH is 1. The van der Waals surface area contributed by atoms with Gasteiger partial charge in [0.1, 0.15) is 10.7 Å². The third-order valence-electron chi connectivity index (χ3n) is 3.12. The minimum Gasteiger partial charge on any atom is -0.393 e. The van der Waals surface area contributed by atoms with Crippen LogP contribution in [0.25, 0.3) is 0 Å². The maximum atomic E-state index is 12.0. The quantitative estimate of drug-likeness (QED) is 0.676. The molecule has 1 aromatic rings. The number of rotatable bonds is 8. The molecular formula is C13H24N4O2S. The summed E-state index contributed by atoms with van der Waals surface area (Å²) in [6.07, 6.45) is 0.856. The van der Waals surface area contributed by atoms with Crippen molar-refractivity contribution in [3.63, 3.8) is 0 Å². The summed E-state index contributed by atoms with van der Waals surface area (Å²) in [4.78, 5) is 18.8. The average molecular weight is 300 g/mol. The van der Waals surface area contributed by atoms with E-state index in [2.05, 4.69) is 15.2 Å². The Morgan fingerprint density at radius 1 is 1.45 bits per heavy atom. The number of nitrogens with zero attached hydrogens (tertiary/aromatic N) is 2. The van der Waals surface area contributed by atoms with Crippen molar-refractivity contribution in [1.82, 2.24) is 10.3 Å². The Morgan fingerprint density at radius 2 is 2.10 bits per heavy atom. The molecule has 0 spiro atoms. The van der Waals surface area contributed by atoms with Crippen molar-refractivity contribution in [1.29, 1.82) is 0 Å². The van der Waals surface area contributed by atoms with Crippen molar-refractivity contribution in [2.24, 2.45) is 0 Å². The summed E-state index contributed by atoms with van der Waals surface area (Å²) in [7, 11) is 0. The van der Waals surface area contributed by atoms with E-state index in [-0.39, 0.29) is 17.8 Å². The van der Waals surface area contributed by atoms with E-state index in [0.717, 1.165) is 18.2 Å². The number of carbonyl (C=O) groups is 1. The molecule has 0 saturated heterocycles. The molecule has 0 bridgehead atoms. The number of hydrogen-bond donors (Lipinski definition) is 3. The zero-order valence-electron chi connectivity index (χ0n) is 12.3. The summed E-state index contributed by atoms with van der Waals surface area (Å²) in [5.41, 5.74) is 5.81. The van der Waals surface area contributed by atoms with Crippen LogP contribution in [0, 0.1) is 0 Å². The van der Waals surface area contributed by atoms with Gasteiger partial charge >= 0.3 is 0 Å². The van der Waals surface area contributed by atoms with Gasteiger partial charge in [-0.05, 0) is 26.7 Å². The largest absolute Gasteiger partial charge is 0.393 e. The van der Waals surface area contributed by atoms with Crippen LogP contribution in [-0.2, 0) is 0 Å². The van der Waals surface area contributed by atoms with E-state index in [0.29, 0.717) is 24.3 Å². The molecular weight excluding hydrogens is 276 g/mol. The molecule has 0 aliphatic heterocycles. The predicted octanol–water partition coefficient (Wildman–Crippen LogP) is 1.46. The number of anilines is 2. The molecule has 0 aliphatic carbocycles. The molecule has 0 aromatic carbocycles. The predicted molar refractivity (Wildman–Crippen MR) is 83.3 cm³/mol. The fourth-order valence-corrected chi connectivity index (χ4v) is 2.78. The number of aliphatic hydroxyl groups is 1. The molecule has 0 aliphatic rings. The molecule has 0 saturated carbocycles. The van der Waals surface area contributed by atoms with Crippen LogP contribution in [0.3, 0.4) is 0 Å². The summed E-state index contributed by atoms with van der Waals surface area (Å²) in [5.74, 6) is 0.0483. The number of hydrogen-bond acceptors (Lipinski definition) is 6. The van der Waals surface area contributed by atoms with E-state index in [1.54, 1.807) is 0 Å². The number of carbonyl (C=O) groups excluding carboxylic acids is 1. The van der Waals surface area contributed by atoms with Crippen LogP contribution in [0.1, 0.15) is 43.3 Å². The van der Waals surface area contributed by atoms with Crippen LogP contribution >= 0.6 is 11.3 Å². The fourth-order valence-electron chi connectivity index (χ4n) is 1.75. The standard InChI is InChI=1S/C13H24N4O2S/c1-4-9(18)7-8-15-12(19)10-11(14)16-13(20-10)17(5-2)6-3/h9,18H,4-8,14H2,1-3H3,(H,15,19). The van der Waals surface area contributed by atoms with Crippen molar-refractivity contribution in [2.75, 3.05) is 30.3 Å². The molecule has 1 heterocycles. The molecule has 7 heteroatoms. The van der Waals surface area contributed by atoms with Gasteiger partial charge in [-0.2, -0.15) is 0 Å². The van der Waals surface area contributed by atoms with E-state index in [4.69, 9.17) is 5.73 Å². The molecule has 1 aromatic heterocycles. The minimum absolute atomic E-state index is 0.221. The second-order valence-corrected chi connectivity index (χ2v) is 5.47. The van der Waals surface area contributed by atoms with Crippen LogP contribution in [0.15, 0.2) is 0 Å². The van der Waals surface area contributed by atoms with Crippen LogP contribution < -0.4 is 16.0 Å². The Balaban J connectivity index is 2.64. The number of aromatic nitrogens is 1. The van der Waals surface area contributed by atoms with E-state index in [9.17, 15) is 9.90 Å². The number of nitrogens with one attached hydrogen (secondary N) is 1. The van der Waals surface area contributed by atoms with Crippen molar-refractivity contribution in [3.8, 4) is 0 Å². The number of amides is 1. The van der Waals surface area contributed by atoms with E-state index >= 15 is 0 Å². The third-order valence-corrected chi connectivity index (χ3v) is 4.25. The summed E-state index contributed by atoms with van der Waals surface area (Å²) in [6, 6.07) is 0. The van der Waals surface area contributed by atoms with Gasteiger partial charge in [0.15, 0.2) is 5.13 Å². The number of thiazole rings is 1. The van der Waals surface area contributed by atoms with Gasteiger partial charge < -0.3 is 21.1 Å². The normalized spacial score (nSPS) is 12.2. The molecule has 4 N–H and O–H groups in total. The summed E-state index contributed by atoms with van der Waals surface area (Å²) in [6.45, 7) is 8.07. The zero-order valence-corrected chi connectivity index (χ0v) is 13.2. The highest BCUT2D eigenvalue weighted by molar-refractivity contribution is 7.18. The second-order valence-electron chi connectivity index (χ2n) is 4.49. The Morgan fingerprint density at radius 3 is 2.65 bits per heavy atom. The Kier molecular flexibility index (Phi) is 6.74. The molecule has 20 heavy (non-hydrogen) atoms. The molecule has 6 nitrogen and oxygen atoms in total. The lowest BCUT2D eigenvalue weighted by atomic mass is 10.2. The molecule has 114 valence electrons. The first-order valence-electron chi connectivity index (χ1n) is 7.00. The molecule has 1 atom stereocenters. The molecule has 1 rings (SSSR count). The van der Waals surface area contributed by atoms with Crippen molar-refractivity contribution < 1.29 is 9.90 Å². The maximum absolute atomic E-state index is 12.0. The second kappa shape index (κ2) is 8.06. The fraction of sp³-hybridized carbons (Fsp3) is 0.692. The van der Waals surface area contributed by atoms with Gasteiger partial charge in [0.2, 0.25) is 0 Å². The monoisotopic (exact) mass is 300 g/mol. The van der Waals surface area contributed by atoms with Gasteiger partial charge in [0.25, 0.3) is 5.91 Å². The molecule has 0 radical (unpaired) electrons. The van der Waals surface area contributed by atoms with Crippen molar-refractivity contribution >= 4 is 28.2 Å². The Hall–Kier alpha value is -1.34. The SMILES string of the molecule is CCC(O)CCNC(=O)c1sc(N(CC)CC)nc1N. The van der Waals surface area contributed by atoms with E-state index in [1.165, 1.54) is 11.3 Å². The summed E-state index contributed by atoms with van der Waals surface area (Å²) >= 11 is 1.30. The average Bonchev–Trinajstić information content (AvgIpc) is 2.81. The number of nitrogen functional groups attached to an aromatic ring is 1. The molecule has 1 amide bonds. The van der Waals surface area contributed by atoms with Crippen molar-refractivity contribution in [3.05, 3.63) is 4.88 Å². The van der Waals surface area contributed by atoms with Gasteiger partial charge in [-0.1, -0.05) is 18.3 Å². The molecule has 1 unspecified atom stereocenters. The Labute approximate surface area is 124 Å². The van der Waals surface area contributed by atoms with Gasteiger partial charge in [0.05, 0.1) is 6.10 Å². The highest BCUT2D eigenvalue weighted by atomic mass is 32.1. The first-order chi connectivity index (χ1) is 9.53.